The fraction of sp³-hybridized carbons (Fsp3) is 0.545. The zero-order valence-electron chi connectivity index (χ0n) is 16.4. The van der Waals surface area contributed by atoms with Crippen LogP contribution in [0.1, 0.15) is 50.7 Å². The van der Waals surface area contributed by atoms with Crippen LogP contribution in [0.4, 0.5) is 4.79 Å². The Labute approximate surface area is 166 Å². The molecule has 150 valence electrons. The number of likely N-dealkylation sites (tertiary alicyclic amines) is 1. The highest BCUT2D eigenvalue weighted by Gasteiger charge is 2.23. The molecule has 2 N–H and O–H groups in total. The third-order valence-corrected chi connectivity index (χ3v) is 5.87. The van der Waals surface area contributed by atoms with Crippen LogP contribution in [-0.4, -0.2) is 41.3 Å². The maximum absolute atomic E-state index is 12.2. The van der Waals surface area contributed by atoms with Gasteiger partial charge in [-0.25, -0.2) is 4.79 Å². The van der Waals surface area contributed by atoms with Crippen molar-refractivity contribution < 1.29 is 9.32 Å². The molecule has 1 saturated heterocycles. The Bertz CT molecular complexity index is 747. The Morgan fingerprint density at radius 2 is 1.68 bits per heavy atom. The van der Waals surface area contributed by atoms with Crippen LogP contribution in [0, 0.1) is 0 Å². The highest BCUT2D eigenvalue weighted by Crippen LogP contribution is 2.21. The van der Waals surface area contributed by atoms with E-state index >= 15 is 0 Å². The van der Waals surface area contributed by atoms with Gasteiger partial charge in [-0.15, -0.1) is 0 Å². The van der Waals surface area contributed by atoms with Crippen molar-refractivity contribution in [2.45, 2.75) is 63.6 Å². The van der Waals surface area contributed by atoms with E-state index in [1.807, 2.05) is 36.4 Å². The summed E-state index contributed by atoms with van der Waals surface area (Å²) in [5.74, 6) is 0.889. The standard InChI is InChI=1S/C22H30N4O2/c27-22(23-18-9-5-2-6-10-18)24-19-11-13-26(14-12-19)16-20-15-21(25-28-20)17-7-3-1-4-8-17/h1,3-4,7-8,15,18-19H,2,5-6,9-14,16H2,(H2,23,24,27). The van der Waals surface area contributed by atoms with Crippen molar-refractivity contribution in [1.82, 2.24) is 20.7 Å². The number of piperidine rings is 1. The third-order valence-electron chi connectivity index (χ3n) is 5.87. The van der Waals surface area contributed by atoms with Gasteiger partial charge in [-0.05, 0) is 25.7 Å². The summed E-state index contributed by atoms with van der Waals surface area (Å²) in [6.07, 6.45) is 7.95. The van der Waals surface area contributed by atoms with Crippen LogP contribution in [-0.2, 0) is 6.54 Å². The third kappa shape index (κ3) is 5.13. The molecule has 6 heteroatoms. The number of benzene rings is 1. The molecular formula is C22H30N4O2. The van der Waals surface area contributed by atoms with E-state index in [4.69, 9.17) is 4.52 Å². The number of hydrogen-bond donors (Lipinski definition) is 2. The minimum absolute atomic E-state index is 0.00749. The lowest BCUT2D eigenvalue weighted by Crippen LogP contribution is -2.50. The topological polar surface area (TPSA) is 70.4 Å². The molecule has 2 aromatic rings. The molecule has 1 aromatic heterocycles. The minimum atomic E-state index is 0.00749. The van der Waals surface area contributed by atoms with Crippen LogP contribution in [0.15, 0.2) is 40.9 Å². The number of hydrogen-bond acceptors (Lipinski definition) is 4. The number of carbonyl (C=O) groups excluding carboxylic acids is 1. The molecule has 2 aliphatic rings. The molecule has 0 atom stereocenters. The summed E-state index contributed by atoms with van der Waals surface area (Å²) >= 11 is 0. The highest BCUT2D eigenvalue weighted by atomic mass is 16.5. The van der Waals surface area contributed by atoms with E-state index in [0.29, 0.717) is 6.04 Å². The van der Waals surface area contributed by atoms with Crippen molar-refractivity contribution in [1.29, 1.82) is 0 Å². The lowest BCUT2D eigenvalue weighted by molar-refractivity contribution is 0.171. The van der Waals surface area contributed by atoms with Crippen molar-refractivity contribution in [3.63, 3.8) is 0 Å². The second kappa shape index (κ2) is 9.24. The van der Waals surface area contributed by atoms with Gasteiger partial charge in [-0.3, -0.25) is 4.90 Å². The molecule has 0 spiro atoms. The number of nitrogens with one attached hydrogen (secondary N) is 2. The van der Waals surface area contributed by atoms with E-state index in [0.717, 1.165) is 62.3 Å². The second-order valence-corrected chi connectivity index (χ2v) is 8.05. The molecule has 28 heavy (non-hydrogen) atoms. The Hall–Kier alpha value is -2.34. The number of nitrogens with zero attached hydrogens (tertiary/aromatic N) is 2. The maximum atomic E-state index is 12.2. The molecule has 0 radical (unpaired) electrons. The van der Waals surface area contributed by atoms with Gasteiger partial charge in [-0.1, -0.05) is 54.8 Å². The maximum Gasteiger partial charge on any atom is 0.315 e. The predicted molar refractivity (Wildman–Crippen MR) is 109 cm³/mol. The summed E-state index contributed by atoms with van der Waals surface area (Å²) in [5.41, 5.74) is 1.95. The molecule has 4 rings (SSSR count). The fourth-order valence-corrected chi connectivity index (χ4v) is 4.25. The van der Waals surface area contributed by atoms with E-state index in [2.05, 4.69) is 20.7 Å². The van der Waals surface area contributed by atoms with Gasteiger partial charge in [0.05, 0.1) is 6.54 Å². The minimum Gasteiger partial charge on any atom is -0.359 e. The van der Waals surface area contributed by atoms with E-state index in [1.54, 1.807) is 0 Å². The van der Waals surface area contributed by atoms with E-state index in [-0.39, 0.29) is 12.1 Å². The zero-order chi connectivity index (χ0) is 19.2. The molecule has 2 fully saturated rings. The van der Waals surface area contributed by atoms with Crippen molar-refractivity contribution in [3.05, 3.63) is 42.2 Å². The van der Waals surface area contributed by atoms with Crippen LogP contribution in [0.25, 0.3) is 11.3 Å². The predicted octanol–water partition coefficient (Wildman–Crippen LogP) is 3.94. The first-order valence-corrected chi connectivity index (χ1v) is 10.6. The average molecular weight is 383 g/mol. The summed E-state index contributed by atoms with van der Waals surface area (Å²) in [7, 11) is 0. The number of amides is 2. The Kier molecular flexibility index (Phi) is 6.27. The summed E-state index contributed by atoms with van der Waals surface area (Å²) in [6, 6.07) is 12.7. The summed E-state index contributed by atoms with van der Waals surface area (Å²) in [4.78, 5) is 14.6. The number of aromatic nitrogens is 1. The molecule has 6 nitrogen and oxygen atoms in total. The second-order valence-electron chi connectivity index (χ2n) is 8.05. The first kappa shape index (κ1) is 19.0. The SMILES string of the molecule is O=C(NC1CCCCC1)NC1CCN(Cc2cc(-c3ccccc3)no2)CC1. The van der Waals surface area contributed by atoms with Crippen LogP contribution in [0.5, 0.6) is 0 Å². The normalized spacial score (nSPS) is 19.4. The Morgan fingerprint density at radius 1 is 1.00 bits per heavy atom. The molecular weight excluding hydrogens is 352 g/mol. The van der Waals surface area contributed by atoms with Gasteiger partial charge in [0.2, 0.25) is 0 Å². The van der Waals surface area contributed by atoms with E-state index in [1.165, 1.54) is 19.3 Å². The molecule has 0 bridgehead atoms. The quantitative estimate of drug-likeness (QED) is 0.822. The number of carbonyl (C=O) groups is 1. The van der Waals surface area contributed by atoms with Crippen LogP contribution >= 0.6 is 0 Å². The van der Waals surface area contributed by atoms with Crippen LogP contribution < -0.4 is 10.6 Å². The Morgan fingerprint density at radius 3 is 2.39 bits per heavy atom. The van der Waals surface area contributed by atoms with Crippen molar-refractivity contribution >= 4 is 6.03 Å². The van der Waals surface area contributed by atoms with Gasteiger partial charge in [0.15, 0.2) is 5.76 Å². The molecule has 1 aliphatic heterocycles. The molecule has 2 amide bonds. The summed E-state index contributed by atoms with van der Waals surface area (Å²) in [6.45, 7) is 2.67. The van der Waals surface area contributed by atoms with Crippen molar-refractivity contribution in [2.24, 2.45) is 0 Å². The van der Waals surface area contributed by atoms with Gasteiger partial charge in [0, 0.05) is 36.8 Å². The number of rotatable bonds is 5. The Balaban J connectivity index is 1.20. The summed E-state index contributed by atoms with van der Waals surface area (Å²) < 4.78 is 5.53. The molecule has 1 saturated carbocycles. The monoisotopic (exact) mass is 382 g/mol. The first-order chi connectivity index (χ1) is 13.8. The van der Waals surface area contributed by atoms with E-state index in [9.17, 15) is 4.79 Å². The first-order valence-electron chi connectivity index (χ1n) is 10.6. The lowest BCUT2D eigenvalue weighted by Gasteiger charge is -2.32. The fourth-order valence-electron chi connectivity index (χ4n) is 4.25. The van der Waals surface area contributed by atoms with Crippen molar-refractivity contribution in [2.75, 3.05) is 13.1 Å². The van der Waals surface area contributed by atoms with Gasteiger partial charge in [0.25, 0.3) is 0 Å². The molecule has 1 aliphatic carbocycles. The van der Waals surface area contributed by atoms with Gasteiger partial charge < -0.3 is 15.2 Å². The van der Waals surface area contributed by atoms with E-state index < -0.39 is 0 Å². The summed E-state index contributed by atoms with van der Waals surface area (Å²) in [5, 5.41) is 10.5. The molecule has 2 heterocycles. The van der Waals surface area contributed by atoms with Crippen molar-refractivity contribution in [3.8, 4) is 11.3 Å². The lowest BCUT2D eigenvalue weighted by atomic mass is 9.96. The number of urea groups is 1. The van der Waals surface area contributed by atoms with Gasteiger partial charge in [0.1, 0.15) is 5.69 Å². The zero-order valence-corrected chi connectivity index (χ0v) is 16.4. The highest BCUT2D eigenvalue weighted by molar-refractivity contribution is 5.74. The molecule has 1 aromatic carbocycles. The van der Waals surface area contributed by atoms with Gasteiger partial charge in [-0.2, -0.15) is 0 Å². The van der Waals surface area contributed by atoms with Gasteiger partial charge >= 0.3 is 6.03 Å². The van der Waals surface area contributed by atoms with Crippen LogP contribution in [0.3, 0.4) is 0 Å². The average Bonchev–Trinajstić information content (AvgIpc) is 3.19. The smallest absolute Gasteiger partial charge is 0.315 e. The molecule has 0 unspecified atom stereocenters. The van der Waals surface area contributed by atoms with Crippen LogP contribution in [0.2, 0.25) is 0 Å². The largest absolute Gasteiger partial charge is 0.359 e.